The van der Waals surface area contributed by atoms with E-state index in [0.717, 1.165) is 11.3 Å². The molecule has 0 fully saturated rings. The second kappa shape index (κ2) is 8.50. The van der Waals surface area contributed by atoms with Crippen molar-refractivity contribution in [2.75, 3.05) is 11.1 Å². The fraction of sp³-hybridized carbons (Fsp3) is 0.273. The predicted octanol–water partition coefficient (Wildman–Crippen LogP) is 3.88. The molecule has 0 aliphatic carbocycles. The van der Waals surface area contributed by atoms with Gasteiger partial charge in [0.2, 0.25) is 11.7 Å². The lowest BCUT2D eigenvalue weighted by Gasteiger charge is -2.13. The zero-order valence-corrected chi connectivity index (χ0v) is 18.2. The molecule has 4 aromatic rings. The molecule has 2 aromatic heterocycles. The minimum atomic E-state index is -0.486. The van der Waals surface area contributed by atoms with Crippen LogP contribution < -0.4 is 10.9 Å². The SMILES string of the molecule is Cc1ccccc1NC(=O)CSc1nnc2n(CC(C)C)c(=O)c3cc(F)ccc3n12. The Morgan fingerprint density at radius 1 is 1.19 bits per heavy atom. The molecule has 2 heterocycles. The third-order valence-corrected chi connectivity index (χ3v) is 5.76. The third-order valence-electron chi connectivity index (χ3n) is 4.83. The number of amides is 1. The average Bonchev–Trinajstić information content (AvgIpc) is 3.15. The van der Waals surface area contributed by atoms with Gasteiger partial charge in [0.25, 0.3) is 5.56 Å². The molecule has 31 heavy (non-hydrogen) atoms. The van der Waals surface area contributed by atoms with Crippen LogP contribution in [0.1, 0.15) is 19.4 Å². The maximum Gasteiger partial charge on any atom is 0.262 e. The van der Waals surface area contributed by atoms with Crippen LogP contribution >= 0.6 is 11.8 Å². The minimum Gasteiger partial charge on any atom is -0.325 e. The van der Waals surface area contributed by atoms with E-state index in [1.54, 1.807) is 10.5 Å². The Morgan fingerprint density at radius 2 is 1.97 bits per heavy atom. The molecule has 0 bridgehead atoms. The van der Waals surface area contributed by atoms with Crippen LogP contribution in [0.3, 0.4) is 0 Å². The highest BCUT2D eigenvalue weighted by Crippen LogP contribution is 2.23. The Balaban J connectivity index is 1.71. The Labute approximate surface area is 182 Å². The summed E-state index contributed by atoms with van der Waals surface area (Å²) in [6, 6.07) is 11.6. The summed E-state index contributed by atoms with van der Waals surface area (Å²) in [5.74, 6) is 0.00265. The first-order valence-corrected chi connectivity index (χ1v) is 10.9. The smallest absolute Gasteiger partial charge is 0.262 e. The van der Waals surface area contributed by atoms with Gasteiger partial charge < -0.3 is 5.32 Å². The van der Waals surface area contributed by atoms with Crippen LogP contribution in [0.15, 0.2) is 52.4 Å². The molecule has 160 valence electrons. The van der Waals surface area contributed by atoms with Crippen molar-refractivity contribution in [2.45, 2.75) is 32.5 Å². The molecule has 0 radical (unpaired) electrons. The van der Waals surface area contributed by atoms with Crippen LogP contribution in [0.25, 0.3) is 16.7 Å². The molecule has 7 nitrogen and oxygen atoms in total. The van der Waals surface area contributed by atoms with Crippen LogP contribution in [-0.4, -0.2) is 30.8 Å². The van der Waals surface area contributed by atoms with Crippen molar-refractivity contribution in [3.05, 3.63) is 64.2 Å². The number of fused-ring (bicyclic) bond motifs is 3. The molecule has 4 rings (SSSR count). The van der Waals surface area contributed by atoms with Gasteiger partial charge in [0.1, 0.15) is 5.82 Å². The number of hydrogen-bond donors (Lipinski definition) is 1. The molecule has 0 spiro atoms. The number of hydrogen-bond acceptors (Lipinski definition) is 5. The number of nitrogens with zero attached hydrogens (tertiary/aromatic N) is 4. The van der Waals surface area contributed by atoms with Gasteiger partial charge in [-0.3, -0.25) is 18.6 Å². The van der Waals surface area contributed by atoms with E-state index in [2.05, 4.69) is 15.5 Å². The summed E-state index contributed by atoms with van der Waals surface area (Å²) in [5, 5.41) is 12.0. The number of carbonyl (C=O) groups excluding carboxylic acids is 1. The number of para-hydroxylation sites is 1. The number of aryl methyl sites for hydroxylation is 1. The van der Waals surface area contributed by atoms with Crippen molar-refractivity contribution in [3.63, 3.8) is 0 Å². The van der Waals surface area contributed by atoms with Crippen LogP contribution in [-0.2, 0) is 11.3 Å². The molecular weight excluding hydrogens is 417 g/mol. The number of benzene rings is 2. The second-order valence-electron chi connectivity index (χ2n) is 7.74. The molecule has 1 amide bonds. The average molecular weight is 440 g/mol. The van der Waals surface area contributed by atoms with Gasteiger partial charge in [-0.25, -0.2) is 4.39 Å². The first-order valence-electron chi connectivity index (χ1n) is 9.90. The van der Waals surface area contributed by atoms with E-state index in [9.17, 15) is 14.0 Å². The number of carbonyl (C=O) groups is 1. The summed E-state index contributed by atoms with van der Waals surface area (Å²) in [5.41, 5.74) is 1.93. The van der Waals surface area contributed by atoms with Gasteiger partial charge in [0.15, 0.2) is 5.16 Å². The minimum absolute atomic E-state index is 0.112. The highest BCUT2D eigenvalue weighted by molar-refractivity contribution is 7.99. The number of anilines is 1. The zero-order chi connectivity index (χ0) is 22.1. The van der Waals surface area contributed by atoms with Gasteiger partial charge in [0.05, 0.1) is 16.7 Å². The summed E-state index contributed by atoms with van der Waals surface area (Å²) >= 11 is 1.21. The maximum absolute atomic E-state index is 13.9. The van der Waals surface area contributed by atoms with E-state index in [1.807, 2.05) is 45.0 Å². The molecule has 0 atom stereocenters. The lowest BCUT2D eigenvalue weighted by atomic mass is 10.2. The predicted molar refractivity (Wildman–Crippen MR) is 120 cm³/mol. The van der Waals surface area contributed by atoms with Crippen molar-refractivity contribution in [3.8, 4) is 0 Å². The molecule has 0 saturated carbocycles. The Bertz CT molecular complexity index is 1350. The summed E-state index contributed by atoms with van der Waals surface area (Å²) in [6.45, 7) is 6.32. The number of halogens is 1. The Kier molecular flexibility index (Phi) is 5.77. The largest absolute Gasteiger partial charge is 0.325 e. The van der Waals surface area contributed by atoms with Gasteiger partial charge in [-0.2, -0.15) is 0 Å². The molecule has 0 aliphatic heterocycles. The van der Waals surface area contributed by atoms with Gasteiger partial charge in [-0.1, -0.05) is 43.8 Å². The number of aromatic nitrogens is 4. The van der Waals surface area contributed by atoms with Crippen molar-refractivity contribution in [1.29, 1.82) is 0 Å². The van der Waals surface area contributed by atoms with E-state index in [-0.39, 0.29) is 28.5 Å². The number of thioether (sulfide) groups is 1. The van der Waals surface area contributed by atoms with Crippen molar-refractivity contribution in [2.24, 2.45) is 5.92 Å². The van der Waals surface area contributed by atoms with Crippen molar-refractivity contribution >= 4 is 40.0 Å². The van der Waals surface area contributed by atoms with E-state index in [0.29, 0.717) is 23.0 Å². The first kappa shape index (κ1) is 21.0. The quantitative estimate of drug-likeness (QED) is 0.461. The van der Waals surface area contributed by atoms with Crippen LogP contribution in [0.2, 0.25) is 0 Å². The summed E-state index contributed by atoms with van der Waals surface area (Å²) in [4.78, 5) is 25.5. The Hall–Kier alpha value is -3.20. The molecule has 2 aromatic carbocycles. The van der Waals surface area contributed by atoms with Gasteiger partial charge in [-0.05, 0) is 42.7 Å². The second-order valence-corrected chi connectivity index (χ2v) is 8.68. The normalized spacial score (nSPS) is 11.5. The molecule has 0 aliphatic rings. The lowest BCUT2D eigenvalue weighted by Crippen LogP contribution is -2.25. The molecule has 0 unspecified atom stereocenters. The van der Waals surface area contributed by atoms with Gasteiger partial charge >= 0.3 is 0 Å². The summed E-state index contributed by atoms with van der Waals surface area (Å²) in [7, 11) is 0. The summed E-state index contributed by atoms with van der Waals surface area (Å²) < 4.78 is 17.1. The van der Waals surface area contributed by atoms with Crippen LogP contribution in [0.4, 0.5) is 10.1 Å². The van der Waals surface area contributed by atoms with E-state index in [1.165, 1.54) is 28.5 Å². The number of nitrogens with one attached hydrogen (secondary N) is 1. The third kappa shape index (κ3) is 4.18. The molecule has 1 N–H and O–H groups in total. The van der Waals surface area contributed by atoms with Crippen LogP contribution in [0.5, 0.6) is 0 Å². The van der Waals surface area contributed by atoms with E-state index < -0.39 is 5.82 Å². The lowest BCUT2D eigenvalue weighted by molar-refractivity contribution is -0.113. The topological polar surface area (TPSA) is 81.3 Å². The fourth-order valence-corrected chi connectivity index (χ4v) is 4.15. The van der Waals surface area contributed by atoms with Gasteiger partial charge in [0, 0.05) is 12.2 Å². The Morgan fingerprint density at radius 3 is 2.71 bits per heavy atom. The highest BCUT2D eigenvalue weighted by atomic mass is 32.2. The van der Waals surface area contributed by atoms with Gasteiger partial charge in [-0.15, -0.1) is 10.2 Å². The number of rotatable bonds is 6. The molecule has 9 heteroatoms. The standard InChI is InChI=1S/C22H22FN5O2S/c1-13(2)11-27-20(30)16-10-15(23)8-9-18(16)28-21(27)25-26-22(28)31-12-19(29)24-17-7-5-4-6-14(17)3/h4-10,13H,11-12H2,1-3H3,(H,24,29). The summed E-state index contributed by atoms with van der Waals surface area (Å²) in [6.07, 6.45) is 0. The van der Waals surface area contributed by atoms with Crippen LogP contribution in [0, 0.1) is 18.7 Å². The van der Waals surface area contributed by atoms with E-state index in [4.69, 9.17) is 0 Å². The maximum atomic E-state index is 13.9. The van der Waals surface area contributed by atoms with E-state index >= 15 is 0 Å². The fourth-order valence-electron chi connectivity index (χ4n) is 3.41. The monoisotopic (exact) mass is 439 g/mol. The molecule has 0 saturated heterocycles. The highest BCUT2D eigenvalue weighted by Gasteiger charge is 2.19. The zero-order valence-electron chi connectivity index (χ0n) is 17.4. The van der Waals surface area contributed by atoms with Crippen molar-refractivity contribution in [1.82, 2.24) is 19.2 Å². The molecular formula is C22H22FN5O2S. The van der Waals surface area contributed by atoms with Crippen molar-refractivity contribution < 1.29 is 9.18 Å². The first-order chi connectivity index (χ1) is 14.8.